The normalized spacial score (nSPS) is 10.8. The van der Waals surface area contributed by atoms with Crippen molar-refractivity contribution in [3.05, 3.63) is 127 Å². The first kappa shape index (κ1) is 28.8. The van der Waals surface area contributed by atoms with Crippen LogP contribution in [0.15, 0.2) is 84.9 Å². The first-order valence-corrected chi connectivity index (χ1v) is 13.5. The number of amides is 1. The lowest BCUT2D eigenvalue weighted by atomic mass is 10.1. The number of carboxylic acids is 1. The Morgan fingerprint density at radius 3 is 2.00 bits per heavy atom. The Kier molecular flexibility index (Phi) is 9.76. The van der Waals surface area contributed by atoms with Gasteiger partial charge >= 0.3 is 5.97 Å². The molecule has 1 N–H and O–H groups in total. The molecule has 200 valence electrons. The van der Waals surface area contributed by atoms with Crippen molar-refractivity contribution in [2.75, 3.05) is 0 Å². The van der Waals surface area contributed by atoms with Crippen LogP contribution >= 0.6 is 46.4 Å². The van der Waals surface area contributed by atoms with Crippen LogP contribution in [0, 0.1) is 0 Å². The third kappa shape index (κ3) is 7.90. The van der Waals surface area contributed by atoms with Crippen molar-refractivity contribution in [1.82, 2.24) is 4.90 Å². The predicted molar refractivity (Wildman–Crippen MR) is 155 cm³/mol. The van der Waals surface area contributed by atoms with Gasteiger partial charge in [-0.3, -0.25) is 4.79 Å². The maximum absolute atomic E-state index is 13.4. The minimum Gasteiger partial charge on any atom is -0.478 e. The molecule has 4 aromatic rings. The summed E-state index contributed by atoms with van der Waals surface area (Å²) in [6, 6.07) is 24.0. The molecule has 5 nitrogen and oxygen atoms in total. The summed E-state index contributed by atoms with van der Waals surface area (Å²) in [5.74, 6) is -0.459. The van der Waals surface area contributed by atoms with Crippen LogP contribution in [-0.4, -0.2) is 21.9 Å². The zero-order valence-corrected chi connectivity index (χ0v) is 23.6. The van der Waals surface area contributed by atoms with Crippen LogP contribution in [0.5, 0.6) is 11.5 Å². The number of ether oxygens (including phenoxy) is 1. The molecule has 0 spiro atoms. The second kappa shape index (κ2) is 13.2. The van der Waals surface area contributed by atoms with E-state index in [-0.39, 0.29) is 23.6 Å². The van der Waals surface area contributed by atoms with Gasteiger partial charge in [0.25, 0.3) is 0 Å². The van der Waals surface area contributed by atoms with Gasteiger partial charge in [-0.15, -0.1) is 0 Å². The molecule has 4 aromatic carbocycles. The molecular weight excluding hydrogens is 580 g/mol. The molecule has 0 saturated heterocycles. The van der Waals surface area contributed by atoms with Gasteiger partial charge in [0.05, 0.1) is 0 Å². The highest BCUT2D eigenvalue weighted by atomic mass is 35.5. The molecule has 0 fully saturated rings. The molecule has 0 bridgehead atoms. The molecule has 0 heterocycles. The zero-order chi connectivity index (χ0) is 27.9. The van der Waals surface area contributed by atoms with E-state index in [4.69, 9.17) is 51.1 Å². The molecule has 0 aliphatic heterocycles. The molecule has 0 radical (unpaired) electrons. The summed E-state index contributed by atoms with van der Waals surface area (Å²) in [5, 5.41) is 11.4. The summed E-state index contributed by atoms with van der Waals surface area (Å²) < 4.78 is 5.79. The number of aromatic carboxylic acids is 1. The number of nitrogens with zero attached hydrogens (tertiary/aromatic N) is 1. The lowest BCUT2D eigenvalue weighted by molar-refractivity contribution is -0.132. The fourth-order valence-corrected chi connectivity index (χ4v) is 5.22. The fourth-order valence-electron chi connectivity index (χ4n) is 4.06. The second-order valence-electron chi connectivity index (χ2n) is 8.78. The molecule has 4 rings (SSSR count). The van der Waals surface area contributed by atoms with Crippen LogP contribution in [0.25, 0.3) is 0 Å². The number of halogens is 4. The molecule has 0 unspecified atom stereocenters. The van der Waals surface area contributed by atoms with Gasteiger partial charge in [0.15, 0.2) is 0 Å². The maximum atomic E-state index is 13.4. The van der Waals surface area contributed by atoms with Gasteiger partial charge in [0.1, 0.15) is 17.1 Å². The largest absolute Gasteiger partial charge is 0.478 e. The van der Waals surface area contributed by atoms with E-state index in [1.165, 1.54) is 6.07 Å². The van der Waals surface area contributed by atoms with Gasteiger partial charge in [-0.25, -0.2) is 4.79 Å². The number of para-hydroxylation sites is 1. The van der Waals surface area contributed by atoms with Crippen molar-refractivity contribution in [3.63, 3.8) is 0 Å². The topological polar surface area (TPSA) is 66.8 Å². The smallest absolute Gasteiger partial charge is 0.339 e. The van der Waals surface area contributed by atoms with Crippen LogP contribution < -0.4 is 4.74 Å². The Labute approximate surface area is 246 Å². The van der Waals surface area contributed by atoms with E-state index in [0.29, 0.717) is 45.4 Å². The van der Waals surface area contributed by atoms with Gasteiger partial charge in [-0.2, -0.15) is 0 Å². The summed E-state index contributed by atoms with van der Waals surface area (Å²) >= 11 is 25.0. The molecule has 0 aliphatic carbocycles. The van der Waals surface area contributed by atoms with Gasteiger partial charge in [0, 0.05) is 39.6 Å². The molecule has 9 heteroatoms. The average Bonchev–Trinajstić information content (AvgIpc) is 2.88. The van der Waals surface area contributed by atoms with Crippen molar-refractivity contribution in [2.24, 2.45) is 0 Å². The number of carbonyl (C=O) groups is 2. The Hall–Kier alpha value is -3.22. The Morgan fingerprint density at radius 1 is 0.744 bits per heavy atom. The van der Waals surface area contributed by atoms with E-state index in [1.807, 2.05) is 12.1 Å². The highest BCUT2D eigenvalue weighted by Crippen LogP contribution is 2.28. The lowest BCUT2D eigenvalue weighted by Crippen LogP contribution is -2.30. The SMILES string of the molecule is O=C(O)c1ccccc1Oc1ccc(CN(Cc2cc(Cl)cc(Cl)c2)C(=O)CCc2c(Cl)cccc2Cl)cc1. The van der Waals surface area contributed by atoms with Crippen LogP contribution in [0.4, 0.5) is 0 Å². The molecule has 0 atom stereocenters. The van der Waals surface area contributed by atoms with Gasteiger partial charge < -0.3 is 14.7 Å². The van der Waals surface area contributed by atoms with E-state index >= 15 is 0 Å². The van der Waals surface area contributed by atoms with Gasteiger partial charge in [-0.1, -0.05) is 76.7 Å². The molecule has 1 amide bonds. The van der Waals surface area contributed by atoms with Gasteiger partial charge in [0.2, 0.25) is 5.91 Å². The zero-order valence-electron chi connectivity index (χ0n) is 20.5. The number of carbonyl (C=O) groups excluding carboxylic acids is 1. The van der Waals surface area contributed by atoms with Crippen molar-refractivity contribution < 1.29 is 19.4 Å². The van der Waals surface area contributed by atoms with Crippen molar-refractivity contribution >= 4 is 58.3 Å². The number of benzene rings is 4. The summed E-state index contributed by atoms with van der Waals surface area (Å²) in [4.78, 5) is 26.6. The first-order chi connectivity index (χ1) is 18.7. The van der Waals surface area contributed by atoms with Crippen molar-refractivity contribution in [1.29, 1.82) is 0 Å². The standard InChI is InChI=1S/C30H23Cl4NO4/c31-21-14-20(15-22(32)16-21)18-35(29(36)13-12-24-26(33)5-3-6-27(24)34)17-19-8-10-23(11-9-19)39-28-7-2-1-4-25(28)30(37)38/h1-11,14-16H,12-13,17-18H2,(H,37,38). The van der Waals surface area contributed by atoms with Crippen molar-refractivity contribution in [2.45, 2.75) is 25.9 Å². The van der Waals surface area contributed by atoms with Crippen LogP contribution in [0.1, 0.15) is 33.5 Å². The number of hydrogen-bond acceptors (Lipinski definition) is 3. The van der Waals surface area contributed by atoms with E-state index in [1.54, 1.807) is 71.6 Å². The quantitative estimate of drug-likeness (QED) is 0.197. The monoisotopic (exact) mass is 601 g/mol. The lowest BCUT2D eigenvalue weighted by Gasteiger charge is -2.24. The predicted octanol–water partition coefficient (Wildman–Crippen LogP) is 8.95. The third-order valence-corrected chi connectivity index (χ3v) is 7.09. The van der Waals surface area contributed by atoms with Crippen LogP contribution in [0.3, 0.4) is 0 Å². The van der Waals surface area contributed by atoms with Crippen LogP contribution in [0.2, 0.25) is 20.1 Å². The Bertz CT molecular complexity index is 1450. The second-order valence-corrected chi connectivity index (χ2v) is 10.5. The van der Waals surface area contributed by atoms with E-state index in [2.05, 4.69) is 0 Å². The minimum absolute atomic E-state index is 0.0668. The van der Waals surface area contributed by atoms with E-state index in [9.17, 15) is 14.7 Å². The highest BCUT2D eigenvalue weighted by molar-refractivity contribution is 6.36. The first-order valence-electron chi connectivity index (χ1n) is 11.9. The summed E-state index contributed by atoms with van der Waals surface area (Å²) in [6.07, 6.45) is 0.588. The Morgan fingerprint density at radius 2 is 1.36 bits per heavy atom. The van der Waals surface area contributed by atoms with E-state index < -0.39 is 5.97 Å². The minimum atomic E-state index is -1.07. The van der Waals surface area contributed by atoms with Crippen molar-refractivity contribution in [3.8, 4) is 11.5 Å². The highest BCUT2D eigenvalue weighted by Gasteiger charge is 2.18. The summed E-state index contributed by atoms with van der Waals surface area (Å²) in [5.41, 5.74) is 2.44. The third-order valence-electron chi connectivity index (χ3n) is 5.94. The molecule has 0 saturated carbocycles. The number of rotatable bonds is 10. The molecule has 0 aliphatic rings. The number of carboxylic acid groups (broad SMARTS) is 1. The van der Waals surface area contributed by atoms with Crippen LogP contribution in [-0.2, 0) is 24.3 Å². The number of hydrogen-bond donors (Lipinski definition) is 1. The van der Waals surface area contributed by atoms with Gasteiger partial charge in [-0.05, 0) is 77.7 Å². The average molecular weight is 603 g/mol. The van der Waals surface area contributed by atoms with E-state index in [0.717, 1.165) is 16.7 Å². The molecular formula is C30H23Cl4NO4. The Balaban J connectivity index is 1.52. The fraction of sp³-hybridized carbons (Fsp3) is 0.133. The molecule has 0 aromatic heterocycles. The molecule has 39 heavy (non-hydrogen) atoms. The summed E-state index contributed by atoms with van der Waals surface area (Å²) in [6.45, 7) is 0.602. The maximum Gasteiger partial charge on any atom is 0.339 e. The summed E-state index contributed by atoms with van der Waals surface area (Å²) in [7, 11) is 0.